The van der Waals surface area contributed by atoms with Gasteiger partial charge in [-0.2, -0.15) is 0 Å². The molecule has 2 rings (SSSR count). The van der Waals surface area contributed by atoms with Crippen molar-refractivity contribution in [3.05, 3.63) is 49.3 Å². The first kappa shape index (κ1) is 15.3. The molecule has 0 radical (unpaired) electrons. The minimum absolute atomic E-state index is 0.0457. The van der Waals surface area contributed by atoms with E-state index in [1.165, 1.54) is 6.92 Å². The van der Waals surface area contributed by atoms with Crippen LogP contribution in [0.2, 0.25) is 15.3 Å². The first-order valence-corrected chi connectivity index (χ1v) is 7.15. The van der Waals surface area contributed by atoms with E-state index >= 15 is 0 Å². The van der Waals surface area contributed by atoms with Gasteiger partial charge in [0.25, 0.3) is 0 Å². The summed E-state index contributed by atoms with van der Waals surface area (Å²) in [5.74, 6) is 0. The van der Waals surface area contributed by atoms with E-state index in [1.807, 2.05) is 0 Å². The molecule has 0 saturated carbocycles. The number of aryl methyl sites for hydroxylation is 1. The van der Waals surface area contributed by atoms with Gasteiger partial charge in [0.2, 0.25) is 5.28 Å². The highest BCUT2D eigenvalue weighted by molar-refractivity contribution is 7.99. The van der Waals surface area contributed by atoms with Crippen LogP contribution in [0.4, 0.5) is 5.69 Å². The molecule has 0 saturated heterocycles. The summed E-state index contributed by atoms with van der Waals surface area (Å²) in [5, 5.41) is 12.0. The van der Waals surface area contributed by atoms with Crippen LogP contribution in [0.25, 0.3) is 0 Å². The Balaban J connectivity index is 2.47. The highest BCUT2D eigenvalue weighted by Crippen LogP contribution is 2.37. The van der Waals surface area contributed by atoms with E-state index in [0.29, 0.717) is 14.9 Å². The number of halogens is 3. The second-order valence-corrected chi connectivity index (χ2v) is 5.88. The average Bonchev–Trinajstić information content (AvgIpc) is 2.32. The minimum atomic E-state index is -0.536. The predicted octanol–water partition coefficient (Wildman–Crippen LogP) is 4.80. The van der Waals surface area contributed by atoms with Crippen molar-refractivity contribution >= 4 is 52.3 Å². The standard InChI is InChI=1S/C11H6Cl3N3O2S/c1-5-9(17(18)19)10(16-11(14)15-5)20-6-2-3-7(12)8(13)4-6/h2-4H,1H3. The molecular weight excluding hydrogens is 345 g/mol. The fourth-order valence-electron chi connectivity index (χ4n) is 1.44. The smallest absolute Gasteiger partial charge is 0.258 e. The number of hydrogen-bond acceptors (Lipinski definition) is 5. The van der Waals surface area contributed by atoms with E-state index in [1.54, 1.807) is 18.2 Å². The highest BCUT2D eigenvalue weighted by atomic mass is 35.5. The Hall–Kier alpha value is -1.08. The van der Waals surface area contributed by atoms with Crippen molar-refractivity contribution in [2.75, 3.05) is 0 Å². The van der Waals surface area contributed by atoms with Gasteiger partial charge in [-0.15, -0.1) is 0 Å². The molecule has 0 fully saturated rings. The molecule has 20 heavy (non-hydrogen) atoms. The van der Waals surface area contributed by atoms with Crippen LogP contribution in [0.15, 0.2) is 28.1 Å². The van der Waals surface area contributed by atoms with E-state index in [0.717, 1.165) is 11.8 Å². The zero-order valence-corrected chi connectivity index (χ0v) is 13.0. The molecule has 1 aromatic carbocycles. The van der Waals surface area contributed by atoms with E-state index < -0.39 is 4.92 Å². The molecule has 0 bridgehead atoms. The maximum atomic E-state index is 11.1. The number of nitro groups is 1. The second-order valence-electron chi connectivity index (χ2n) is 3.67. The van der Waals surface area contributed by atoms with Gasteiger partial charge in [0.15, 0.2) is 5.03 Å². The van der Waals surface area contributed by atoms with Crippen LogP contribution in [0.5, 0.6) is 0 Å². The highest BCUT2D eigenvalue weighted by Gasteiger charge is 2.22. The molecule has 1 heterocycles. The monoisotopic (exact) mass is 349 g/mol. The molecule has 0 atom stereocenters. The minimum Gasteiger partial charge on any atom is -0.258 e. The van der Waals surface area contributed by atoms with Gasteiger partial charge in [0, 0.05) is 4.90 Å². The topological polar surface area (TPSA) is 68.9 Å². The summed E-state index contributed by atoms with van der Waals surface area (Å²) in [5.41, 5.74) is 0.0306. The van der Waals surface area contributed by atoms with Crippen molar-refractivity contribution in [3.63, 3.8) is 0 Å². The van der Waals surface area contributed by atoms with Crippen molar-refractivity contribution in [1.29, 1.82) is 0 Å². The molecule has 0 spiro atoms. The van der Waals surface area contributed by atoms with Crippen LogP contribution in [-0.4, -0.2) is 14.9 Å². The van der Waals surface area contributed by atoms with Gasteiger partial charge < -0.3 is 0 Å². The first-order chi connectivity index (χ1) is 9.38. The van der Waals surface area contributed by atoms with Crippen LogP contribution < -0.4 is 0 Å². The summed E-state index contributed by atoms with van der Waals surface area (Å²) in [4.78, 5) is 18.9. The molecular formula is C11H6Cl3N3O2S. The van der Waals surface area contributed by atoms with Crippen LogP contribution in [0.1, 0.15) is 5.69 Å². The predicted molar refractivity (Wildman–Crippen MR) is 79.0 cm³/mol. The Morgan fingerprint density at radius 1 is 1.20 bits per heavy atom. The maximum absolute atomic E-state index is 11.1. The number of hydrogen-bond donors (Lipinski definition) is 0. The van der Waals surface area contributed by atoms with Crippen LogP contribution in [0.3, 0.4) is 0 Å². The zero-order valence-electron chi connectivity index (χ0n) is 9.93. The van der Waals surface area contributed by atoms with Crippen molar-refractivity contribution in [3.8, 4) is 0 Å². The molecule has 9 heteroatoms. The molecule has 0 aliphatic rings. The lowest BCUT2D eigenvalue weighted by Gasteiger charge is -2.05. The van der Waals surface area contributed by atoms with Crippen molar-refractivity contribution < 1.29 is 4.92 Å². The van der Waals surface area contributed by atoms with E-state index in [9.17, 15) is 10.1 Å². The molecule has 0 aliphatic heterocycles. The van der Waals surface area contributed by atoms with Crippen molar-refractivity contribution in [2.24, 2.45) is 0 Å². The lowest BCUT2D eigenvalue weighted by atomic mass is 10.4. The molecule has 0 amide bonds. The number of benzene rings is 1. The number of nitrogens with zero attached hydrogens (tertiary/aromatic N) is 3. The summed E-state index contributed by atoms with van der Waals surface area (Å²) >= 11 is 18.5. The van der Waals surface area contributed by atoms with Gasteiger partial charge >= 0.3 is 5.69 Å². The average molecular weight is 351 g/mol. The Bertz CT molecular complexity index is 697. The first-order valence-electron chi connectivity index (χ1n) is 5.20. The van der Waals surface area contributed by atoms with Gasteiger partial charge in [-0.3, -0.25) is 10.1 Å². The largest absolute Gasteiger partial charge is 0.322 e. The third-order valence-electron chi connectivity index (χ3n) is 2.29. The Morgan fingerprint density at radius 3 is 2.50 bits per heavy atom. The van der Waals surface area contributed by atoms with Crippen LogP contribution >= 0.6 is 46.6 Å². The summed E-state index contributed by atoms with van der Waals surface area (Å²) < 4.78 is 0. The molecule has 0 unspecified atom stereocenters. The number of rotatable bonds is 3. The Labute approximate surface area is 133 Å². The SMILES string of the molecule is Cc1nc(Cl)nc(Sc2ccc(Cl)c(Cl)c2)c1[N+](=O)[O-]. The van der Waals surface area contributed by atoms with Crippen molar-refractivity contribution in [2.45, 2.75) is 16.8 Å². The lowest BCUT2D eigenvalue weighted by Crippen LogP contribution is -2.00. The summed E-state index contributed by atoms with van der Waals surface area (Å²) in [6.45, 7) is 1.50. The third kappa shape index (κ3) is 3.32. The van der Waals surface area contributed by atoms with Gasteiger partial charge in [-0.25, -0.2) is 9.97 Å². The summed E-state index contributed by atoms with van der Waals surface area (Å²) in [6.07, 6.45) is 0. The summed E-state index contributed by atoms with van der Waals surface area (Å²) in [6, 6.07) is 4.89. The quantitative estimate of drug-likeness (QED) is 0.344. The maximum Gasteiger partial charge on any atom is 0.322 e. The second kappa shape index (κ2) is 6.13. The molecule has 1 aromatic heterocycles. The Morgan fingerprint density at radius 2 is 1.90 bits per heavy atom. The zero-order chi connectivity index (χ0) is 14.9. The van der Waals surface area contributed by atoms with Gasteiger partial charge in [0.1, 0.15) is 5.69 Å². The van der Waals surface area contributed by atoms with E-state index in [2.05, 4.69) is 9.97 Å². The molecule has 0 aliphatic carbocycles. The van der Waals surface area contributed by atoms with Gasteiger partial charge in [0.05, 0.1) is 15.0 Å². The fraction of sp³-hybridized carbons (Fsp3) is 0.0909. The number of aromatic nitrogens is 2. The fourth-order valence-corrected chi connectivity index (χ4v) is 3.05. The molecule has 0 N–H and O–H groups in total. The van der Waals surface area contributed by atoms with Gasteiger partial charge in [-0.1, -0.05) is 35.0 Å². The van der Waals surface area contributed by atoms with Gasteiger partial charge in [-0.05, 0) is 36.7 Å². The van der Waals surface area contributed by atoms with Crippen LogP contribution in [0, 0.1) is 17.0 Å². The molecule has 5 nitrogen and oxygen atoms in total. The normalized spacial score (nSPS) is 10.6. The van der Waals surface area contributed by atoms with Crippen LogP contribution in [-0.2, 0) is 0 Å². The van der Waals surface area contributed by atoms with E-state index in [4.69, 9.17) is 34.8 Å². The Kier molecular flexibility index (Phi) is 4.70. The summed E-state index contributed by atoms with van der Waals surface area (Å²) in [7, 11) is 0. The molecule has 2 aromatic rings. The van der Waals surface area contributed by atoms with E-state index in [-0.39, 0.29) is 21.7 Å². The van der Waals surface area contributed by atoms with Crippen molar-refractivity contribution in [1.82, 2.24) is 9.97 Å². The third-order valence-corrected chi connectivity index (χ3v) is 4.16. The molecule has 104 valence electrons. The lowest BCUT2D eigenvalue weighted by molar-refractivity contribution is -0.389.